The van der Waals surface area contributed by atoms with Gasteiger partial charge in [0.1, 0.15) is 30.7 Å². The van der Waals surface area contributed by atoms with Gasteiger partial charge in [0.2, 0.25) is 6.79 Å². The Hall–Kier alpha value is -2.86. The molecule has 3 aliphatic heterocycles. The van der Waals surface area contributed by atoms with Crippen LogP contribution >= 0.6 is 34.9 Å². The third-order valence-corrected chi connectivity index (χ3v) is 9.65. The molecule has 2 fully saturated rings. The number of ether oxygens (including phenoxy) is 4. The van der Waals surface area contributed by atoms with Crippen LogP contribution in [-0.4, -0.2) is 95.5 Å². The summed E-state index contributed by atoms with van der Waals surface area (Å²) in [6.45, 7) is 5.09. The quantitative estimate of drug-likeness (QED) is 0.131. The highest BCUT2D eigenvalue weighted by molar-refractivity contribution is 8.05. The number of hydrogen-bond acceptors (Lipinski definition) is 15. The molecule has 17 heteroatoms. The van der Waals surface area contributed by atoms with Gasteiger partial charge in [0.05, 0.1) is 18.6 Å². The van der Waals surface area contributed by atoms with Gasteiger partial charge in [0.25, 0.3) is 11.8 Å². The minimum absolute atomic E-state index is 0.0154. The van der Waals surface area contributed by atoms with Crippen molar-refractivity contribution in [3.05, 3.63) is 22.3 Å². The van der Waals surface area contributed by atoms with Crippen molar-refractivity contribution < 1.29 is 43.0 Å². The van der Waals surface area contributed by atoms with E-state index in [1.54, 1.807) is 32.4 Å². The molecule has 0 bridgehead atoms. The number of rotatable bonds is 9. The number of nitrogen functional groups attached to an aromatic ring is 1. The van der Waals surface area contributed by atoms with Gasteiger partial charge in [0, 0.05) is 17.1 Å². The normalized spacial score (nSPS) is 23.4. The molecule has 1 aromatic heterocycles. The van der Waals surface area contributed by atoms with Gasteiger partial charge in [-0.15, -0.1) is 34.9 Å². The number of hydrogen-bond donors (Lipinski definition) is 2. The van der Waals surface area contributed by atoms with Gasteiger partial charge in [-0.1, -0.05) is 5.16 Å². The van der Waals surface area contributed by atoms with E-state index in [4.69, 9.17) is 29.5 Å². The number of anilines is 1. The Morgan fingerprint density at radius 2 is 2.00 bits per heavy atom. The molecule has 2 atom stereocenters. The van der Waals surface area contributed by atoms with Gasteiger partial charge < -0.3 is 34.8 Å². The molecule has 4 heterocycles. The summed E-state index contributed by atoms with van der Waals surface area (Å²) in [5.74, 6) is -2.62. The fraction of sp³-hybridized carbons (Fsp3) is 0.583. The number of carbonyl (C=O) groups is 4. The number of β-lactam (4-membered cyclic amide) rings is 1. The summed E-state index contributed by atoms with van der Waals surface area (Å²) in [5.41, 5.74) is 5.58. The first-order valence-corrected chi connectivity index (χ1v) is 15.5. The Balaban J connectivity index is 1.60. The molecule has 14 nitrogen and oxygen atoms in total. The van der Waals surface area contributed by atoms with Gasteiger partial charge in [0.15, 0.2) is 15.7 Å². The number of aromatic nitrogens is 1. The van der Waals surface area contributed by atoms with Crippen LogP contribution in [0, 0.1) is 11.3 Å². The number of esters is 2. The summed E-state index contributed by atoms with van der Waals surface area (Å²) in [7, 11) is 1.28. The molecule has 1 unspecified atom stereocenters. The lowest BCUT2D eigenvalue weighted by molar-refractivity contribution is -0.173. The van der Waals surface area contributed by atoms with E-state index in [0.29, 0.717) is 11.3 Å². The number of thiazole rings is 1. The predicted molar refractivity (Wildman–Crippen MR) is 151 cm³/mol. The van der Waals surface area contributed by atoms with Crippen molar-refractivity contribution in [1.82, 2.24) is 15.2 Å². The zero-order valence-electron chi connectivity index (χ0n) is 23.1. The van der Waals surface area contributed by atoms with Crippen molar-refractivity contribution >= 4 is 69.5 Å². The average Bonchev–Trinajstić information content (AvgIpc) is 3.38. The van der Waals surface area contributed by atoms with Crippen LogP contribution in [0.15, 0.2) is 21.8 Å². The topological polar surface area (TPSA) is 181 Å². The Labute approximate surface area is 248 Å². The Kier molecular flexibility index (Phi) is 9.52. The molecule has 4 rings (SSSR count). The lowest BCUT2D eigenvalue weighted by Gasteiger charge is -2.56. The molecule has 0 aliphatic carbocycles. The minimum atomic E-state index is -1.44. The van der Waals surface area contributed by atoms with Crippen LogP contribution in [0.2, 0.25) is 0 Å². The summed E-state index contributed by atoms with van der Waals surface area (Å²) in [6.07, 6.45) is 1.68. The fourth-order valence-corrected chi connectivity index (χ4v) is 7.50. The highest BCUT2D eigenvalue weighted by atomic mass is 32.2. The van der Waals surface area contributed by atoms with Crippen LogP contribution in [0.25, 0.3) is 0 Å². The maximum absolute atomic E-state index is 13.8. The second kappa shape index (κ2) is 12.6. The molecular weight excluding hydrogens is 598 g/mol. The second-order valence-electron chi connectivity index (χ2n) is 10.1. The smallest absolute Gasteiger partial charge is 0.357 e. The largest absolute Gasteiger partial charge is 0.427 e. The van der Waals surface area contributed by atoms with Crippen LogP contribution < -0.4 is 11.1 Å². The van der Waals surface area contributed by atoms with E-state index >= 15 is 0 Å². The maximum Gasteiger partial charge on any atom is 0.357 e. The maximum atomic E-state index is 13.8. The second-order valence-corrected chi connectivity index (χ2v) is 13.1. The van der Waals surface area contributed by atoms with Crippen LogP contribution in [0.1, 0.15) is 26.5 Å². The van der Waals surface area contributed by atoms with Crippen molar-refractivity contribution in [3.63, 3.8) is 0 Å². The molecule has 3 aliphatic rings. The third-order valence-electron chi connectivity index (χ3n) is 6.33. The highest BCUT2D eigenvalue weighted by Crippen LogP contribution is 2.52. The van der Waals surface area contributed by atoms with E-state index in [2.05, 4.69) is 15.5 Å². The van der Waals surface area contributed by atoms with Gasteiger partial charge in [-0.05, 0) is 32.6 Å². The van der Waals surface area contributed by atoms with Crippen molar-refractivity contribution in [1.29, 1.82) is 0 Å². The van der Waals surface area contributed by atoms with E-state index in [-0.39, 0.29) is 48.2 Å². The minimum Gasteiger partial charge on any atom is -0.427 e. The number of amides is 2. The number of nitrogens with zero attached hydrogens (tertiary/aromatic N) is 3. The van der Waals surface area contributed by atoms with Gasteiger partial charge in [-0.25, -0.2) is 9.78 Å². The lowest BCUT2D eigenvalue weighted by Crippen LogP contribution is -2.78. The Morgan fingerprint density at radius 3 is 2.59 bits per heavy atom. The van der Waals surface area contributed by atoms with E-state index in [0.717, 1.165) is 23.1 Å². The summed E-state index contributed by atoms with van der Waals surface area (Å²) < 4.78 is 21.3. The van der Waals surface area contributed by atoms with E-state index in [1.807, 2.05) is 0 Å². The number of oxime groups is 1. The molecule has 1 aromatic rings. The SMILES string of the molecule is CO/N=C(\C(=O)NC1(SC)C(=O)N2C(C(=O)OCOC(=O)C(C)(C)C)=C(C3COCOC3)CS[C@H]21)c1csc(N)n1. The molecule has 0 aromatic carbocycles. The third kappa shape index (κ3) is 6.18. The monoisotopic (exact) mass is 629 g/mol. The molecule has 224 valence electrons. The summed E-state index contributed by atoms with van der Waals surface area (Å²) in [5, 5.41) is 7.68. The van der Waals surface area contributed by atoms with Gasteiger partial charge in [-0.2, -0.15) is 0 Å². The van der Waals surface area contributed by atoms with Crippen molar-refractivity contribution in [2.24, 2.45) is 16.5 Å². The summed E-state index contributed by atoms with van der Waals surface area (Å²) in [6, 6.07) is 0. The first-order valence-electron chi connectivity index (χ1n) is 12.3. The fourth-order valence-electron chi connectivity index (χ4n) is 4.23. The zero-order valence-corrected chi connectivity index (χ0v) is 25.5. The molecule has 2 saturated heterocycles. The standard InChI is InChI=1S/C24H31N5O9S3/c1-23(2,3)21(33)38-11-37-18(31)16-13(12-6-35-10-36-7-12)8-40-20-24(39-5,19(32)29(16)20)27-17(30)15(28-34-4)14-9-41-22(25)26-14/h9,12,20H,6-8,10-11H2,1-5H3,(H2,25,26)(H,27,30)/b28-15-/t20-,24?/m0/s1. The van der Waals surface area contributed by atoms with Crippen LogP contribution in [-0.2, 0) is 43.0 Å². The number of fused-ring (bicyclic) bond motifs is 1. The Bertz CT molecular complexity index is 1270. The molecule has 2 amide bonds. The van der Waals surface area contributed by atoms with Crippen LogP contribution in [0.3, 0.4) is 0 Å². The number of nitrogens with two attached hydrogens (primary N) is 1. The van der Waals surface area contributed by atoms with Crippen LogP contribution in [0.5, 0.6) is 0 Å². The number of carbonyl (C=O) groups excluding carboxylic acids is 4. The molecule has 3 N–H and O–H groups in total. The predicted octanol–water partition coefficient (Wildman–Crippen LogP) is 1.13. The zero-order chi connectivity index (χ0) is 29.9. The van der Waals surface area contributed by atoms with Crippen molar-refractivity contribution in [2.75, 3.05) is 51.7 Å². The first-order chi connectivity index (χ1) is 19.4. The first kappa shape index (κ1) is 31.1. The van der Waals surface area contributed by atoms with Crippen LogP contribution in [0.4, 0.5) is 5.13 Å². The molecule has 0 spiro atoms. The average molecular weight is 630 g/mol. The lowest BCUT2D eigenvalue weighted by atomic mass is 9.94. The van der Waals surface area contributed by atoms with Gasteiger partial charge >= 0.3 is 11.9 Å². The van der Waals surface area contributed by atoms with E-state index in [1.165, 1.54) is 23.8 Å². The molecular formula is C24H31N5O9S3. The van der Waals surface area contributed by atoms with E-state index < -0.39 is 46.2 Å². The Morgan fingerprint density at radius 1 is 1.29 bits per heavy atom. The van der Waals surface area contributed by atoms with Crippen molar-refractivity contribution in [3.8, 4) is 0 Å². The molecule has 0 saturated carbocycles. The summed E-state index contributed by atoms with van der Waals surface area (Å²) >= 11 is 3.61. The van der Waals surface area contributed by atoms with E-state index in [9.17, 15) is 19.2 Å². The number of nitrogens with one attached hydrogen (secondary N) is 1. The highest BCUT2D eigenvalue weighted by Gasteiger charge is 2.66. The summed E-state index contributed by atoms with van der Waals surface area (Å²) in [4.78, 5) is 61.6. The van der Waals surface area contributed by atoms with Gasteiger partial charge in [-0.3, -0.25) is 19.3 Å². The molecule has 0 radical (unpaired) electrons. The molecule has 41 heavy (non-hydrogen) atoms. The van der Waals surface area contributed by atoms with Crippen molar-refractivity contribution in [2.45, 2.75) is 31.0 Å². The number of thioether (sulfide) groups is 2.